The molecule has 0 spiro atoms. The molecule has 3 amide bonds. The van der Waals surface area contributed by atoms with Crippen LogP contribution in [0.15, 0.2) is 53.5 Å². The summed E-state index contributed by atoms with van der Waals surface area (Å²) in [7, 11) is 0. The lowest BCUT2D eigenvalue weighted by molar-refractivity contribution is -0.127. The van der Waals surface area contributed by atoms with Crippen molar-refractivity contribution in [2.45, 2.75) is 51.1 Å². The molecule has 1 unspecified atom stereocenters. The van der Waals surface area contributed by atoms with E-state index < -0.39 is 11.7 Å². The van der Waals surface area contributed by atoms with Gasteiger partial charge in [-0.1, -0.05) is 44.4 Å². The van der Waals surface area contributed by atoms with E-state index >= 15 is 0 Å². The lowest BCUT2D eigenvalue weighted by Gasteiger charge is -2.40. The predicted octanol–water partition coefficient (Wildman–Crippen LogP) is 4.37. The Hall–Kier alpha value is -3.39. The minimum atomic E-state index is -1.33. The van der Waals surface area contributed by atoms with E-state index in [1.54, 1.807) is 6.21 Å². The summed E-state index contributed by atoms with van der Waals surface area (Å²) in [6.07, 6.45) is 7.53. The summed E-state index contributed by atoms with van der Waals surface area (Å²) < 4.78 is 0. The van der Waals surface area contributed by atoms with Gasteiger partial charge in [0.1, 0.15) is 0 Å². The number of aliphatic imine (C=N–C) groups is 1. The number of benzene rings is 2. The van der Waals surface area contributed by atoms with Crippen molar-refractivity contribution in [3.05, 3.63) is 54.1 Å². The van der Waals surface area contributed by atoms with Crippen LogP contribution in [0.3, 0.4) is 0 Å². The Bertz CT molecular complexity index is 1120. The van der Waals surface area contributed by atoms with E-state index in [0.717, 1.165) is 81.6 Å². The molecule has 1 saturated carbocycles. The van der Waals surface area contributed by atoms with Gasteiger partial charge in [-0.2, -0.15) is 0 Å². The van der Waals surface area contributed by atoms with Crippen LogP contribution in [0.4, 0.5) is 21.9 Å². The molecule has 5 rings (SSSR count). The van der Waals surface area contributed by atoms with Gasteiger partial charge in [0.25, 0.3) is 5.91 Å². The summed E-state index contributed by atoms with van der Waals surface area (Å²) >= 11 is 0. The summed E-state index contributed by atoms with van der Waals surface area (Å²) in [5, 5.41) is 9.42. The first kappa shape index (κ1) is 25.3. The molecule has 3 aliphatic rings. The van der Waals surface area contributed by atoms with Crippen LogP contribution in [0, 0.1) is 5.92 Å². The Kier molecular flexibility index (Phi) is 7.74. The molecule has 2 aromatic rings. The number of nitrogens with one attached hydrogen (secondary N) is 3. The number of anilines is 3. The zero-order valence-electron chi connectivity index (χ0n) is 21.7. The molecule has 0 bridgehead atoms. The van der Waals surface area contributed by atoms with Gasteiger partial charge in [0, 0.05) is 61.8 Å². The fraction of sp³-hybridized carbons (Fsp3) is 0.483. The van der Waals surface area contributed by atoms with Crippen LogP contribution in [0.1, 0.15) is 51.0 Å². The number of benzodiazepines with no additional fused rings is 1. The standard InChI is InChI=1S/C29H38N6O2/c1-2-18-35-26-11-7-6-8-22(26)21-31-29(27(35)36,23-9-4-3-5-10-23)33-28(37)32-24-12-14-25(15-13-24)34-19-16-30-17-20-34/h6-8,11-15,21,23,30H,2-5,9-10,16-20H2,1H3,(H2,32,33,37). The fourth-order valence-corrected chi connectivity index (χ4v) is 5.83. The quantitative estimate of drug-likeness (QED) is 0.547. The van der Waals surface area contributed by atoms with E-state index in [-0.39, 0.29) is 11.8 Å². The summed E-state index contributed by atoms with van der Waals surface area (Å²) in [6.45, 7) is 6.51. The number of fused-ring (bicyclic) bond motifs is 1. The molecule has 8 nitrogen and oxygen atoms in total. The third-order valence-electron chi connectivity index (χ3n) is 7.76. The highest BCUT2D eigenvalue weighted by Crippen LogP contribution is 2.38. The molecular weight excluding hydrogens is 464 g/mol. The molecule has 0 aromatic heterocycles. The summed E-state index contributed by atoms with van der Waals surface area (Å²) in [6, 6.07) is 15.3. The van der Waals surface area contributed by atoms with Crippen molar-refractivity contribution in [2.24, 2.45) is 10.9 Å². The number of carbonyl (C=O) groups is 2. The molecule has 3 N–H and O–H groups in total. The van der Waals surface area contributed by atoms with E-state index in [9.17, 15) is 9.59 Å². The van der Waals surface area contributed by atoms with E-state index in [2.05, 4.69) is 27.8 Å². The lowest BCUT2D eigenvalue weighted by atomic mass is 9.79. The predicted molar refractivity (Wildman–Crippen MR) is 150 cm³/mol. The number of rotatable bonds is 6. The SMILES string of the molecule is CCCN1C(=O)C(NC(=O)Nc2ccc(N3CCNCC3)cc2)(C2CCCCC2)N=Cc2ccccc21. The number of piperazine rings is 1. The van der Waals surface area contributed by atoms with Gasteiger partial charge in [-0.15, -0.1) is 0 Å². The number of nitrogens with zero attached hydrogens (tertiary/aromatic N) is 3. The van der Waals surface area contributed by atoms with Gasteiger partial charge in [-0.25, -0.2) is 4.79 Å². The fourth-order valence-electron chi connectivity index (χ4n) is 5.83. The molecule has 2 aromatic carbocycles. The van der Waals surface area contributed by atoms with Crippen LogP contribution in [-0.4, -0.2) is 56.5 Å². The van der Waals surface area contributed by atoms with Gasteiger partial charge in [-0.3, -0.25) is 9.79 Å². The largest absolute Gasteiger partial charge is 0.369 e. The molecule has 1 aliphatic carbocycles. The van der Waals surface area contributed by atoms with Crippen LogP contribution >= 0.6 is 0 Å². The highest BCUT2D eigenvalue weighted by Gasteiger charge is 2.50. The number of hydrogen-bond acceptors (Lipinski definition) is 5. The summed E-state index contributed by atoms with van der Waals surface area (Å²) in [5.41, 5.74) is 2.24. The van der Waals surface area contributed by atoms with Gasteiger partial charge in [-0.05, 0) is 49.6 Å². The topological polar surface area (TPSA) is 89.1 Å². The van der Waals surface area contributed by atoms with E-state index in [1.807, 2.05) is 53.4 Å². The van der Waals surface area contributed by atoms with Gasteiger partial charge >= 0.3 is 6.03 Å². The zero-order valence-corrected chi connectivity index (χ0v) is 21.7. The first-order valence-electron chi connectivity index (χ1n) is 13.7. The van der Waals surface area contributed by atoms with E-state index in [0.29, 0.717) is 12.2 Å². The first-order valence-corrected chi connectivity index (χ1v) is 13.7. The molecule has 8 heteroatoms. The Balaban J connectivity index is 1.40. The van der Waals surface area contributed by atoms with Crippen molar-refractivity contribution < 1.29 is 9.59 Å². The van der Waals surface area contributed by atoms with E-state index in [4.69, 9.17) is 4.99 Å². The van der Waals surface area contributed by atoms with Crippen LogP contribution < -0.4 is 25.8 Å². The molecule has 2 aliphatic heterocycles. The lowest BCUT2D eigenvalue weighted by Crippen LogP contribution is -2.63. The molecule has 196 valence electrons. The number of para-hydroxylation sites is 1. The highest BCUT2D eigenvalue weighted by atomic mass is 16.2. The van der Waals surface area contributed by atoms with Crippen molar-refractivity contribution in [3.63, 3.8) is 0 Å². The minimum Gasteiger partial charge on any atom is -0.369 e. The molecule has 2 heterocycles. The second kappa shape index (κ2) is 11.3. The molecule has 2 fully saturated rings. The highest BCUT2D eigenvalue weighted by molar-refractivity contribution is 6.09. The summed E-state index contributed by atoms with van der Waals surface area (Å²) in [4.78, 5) is 36.7. The number of urea groups is 1. The van der Waals surface area contributed by atoms with Crippen molar-refractivity contribution in [2.75, 3.05) is 47.8 Å². The van der Waals surface area contributed by atoms with Gasteiger partial charge < -0.3 is 25.8 Å². The second-order valence-corrected chi connectivity index (χ2v) is 10.2. The van der Waals surface area contributed by atoms with Gasteiger partial charge in [0.15, 0.2) is 0 Å². The normalized spacial score (nSPS) is 22.4. The molecule has 1 atom stereocenters. The monoisotopic (exact) mass is 502 g/mol. The van der Waals surface area contributed by atoms with Crippen molar-refractivity contribution in [1.82, 2.24) is 10.6 Å². The average molecular weight is 503 g/mol. The number of carbonyl (C=O) groups excluding carboxylic acids is 2. The Morgan fingerprint density at radius 2 is 1.78 bits per heavy atom. The van der Waals surface area contributed by atoms with Crippen molar-refractivity contribution in [3.8, 4) is 0 Å². The van der Waals surface area contributed by atoms with Crippen LogP contribution in [-0.2, 0) is 4.79 Å². The second-order valence-electron chi connectivity index (χ2n) is 10.2. The van der Waals surface area contributed by atoms with Crippen LogP contribution in [0.25, 0.3) is 0 Å². The van der Waals surface area contributed by atoms with Crippen molar-refractivity contribution >= 4 is 35.2 Å². The summed E-state index contributed by atoms with van der Waals surface area (Å²) in [5.74, 6) is -0.203. The third kappa shape index (κ3) is 5.34. The van der Waals surface area contributed by atoms with E-state index in [1.165, 1.54) is 0 Å². The maximum atomic E-state index is 14.3. The maximum absolute atomic E-state index is 14.3. The third-order valence-corrected chi connectivity index (χ3v) is 7.76. The number of amides is 3. The maximum Gasteiger partial charge on any atom is 0.321 e. The Morgan fingerprint density at radius 3 is 2.51 bits per heavy atom. The smallest absolute Gasteiger partial charge is 0.321 e. The zero-order chi connectivity index (χ0) is 25.7. The Morgan fingerprint density at radius 1 is 1.05 bits per heavy atom. The Labute approximate surface area is 219 Å². The average Bonchev–Trinajstić information content (AvgIpc) is 3.06. The molecule has 37 heavy (non-hydrogen) atoms. The van der Waals surface area contributed by atoms with Crippen LogP contribution in [0.5, 0.6) is 0 Å². The van der Waals surface area contributed by atoms with Gasteiger partial charge in [0.2, 0.25) is 5.66 Å². The molecular formula is C29H38N6O2. The molecule has 1 saturated heterocycles. The minimum absolute atomic E-state index is 0.0560. The van der Waals surface area contributed by atoms with Gasteiger partial charge in [0.05, 0.1) is 5.69 Å². The molecule has 0 radical (unpaired) electrons. The van der Waals surface area contributed by atoms with Crippen molar-refractivity contribution in [1.29, 1.82) is 0 Å². The number of hydrogen-bond donors (Lipinski definition) is 3. The first-order chi connectivity index (χ1) is 18.1. The van der Waals surface area contributed by atoms with Crippen LogP contribution in [0.2, 0.25) is 0 Å².